The second-order valence-electron chi connectivity index (χ2n) is 10.5. The molecule has 166 valence electrons. The Balaban J connectivity index is 2.27. The number of Topliss-reactive ketones (excluding diaryl/α,β-unsaturated/α-hetero) is 4. The molecule has 3 rings (SSSR count). The van der Waals surface area contributed by atoms with E-state index in [1.807, 2.05) is 27.7 Å². The number of phenolic OH excluding ortho intramolecular Hbond substituents is 1. The van der Waals surface area contributed by atoms with Crippen LogP contribution in [-0.2, 0) is 14.4 Å². The van der Waals surface area contributed by atoms with Gasteiger partial charge in [0.2, 0.25) is 0 Å². The molecule has 0 saturated heterocycles. The smallest absolute Gasteiger partial charge is 0.163 e. The molecule has 1 fully saturated rings. The van der Waals surface area contributed by atoms with Crippen molar-refractivity contribution in [2.75, 3.05) is 0 Å². The number of aliphatic hydroxyl groups is 1. The maximum absolute atomic E-state index is 13.2. The molecule has 1 aromatic carbocycles. The Labute approximate surface area is 182 Å². The van der Waals surface area contributed by atoms with Crippen LogP contribution in [0.15, 0.2) is 29.5 Å². The van der Waals surface area contributed by atoms with E-state index in [9.17, 15) is 29.4 Å². The fourth-order valence-corrected chi connectivity index (χ4v) is 5.05. The fraction of sp³-hybridized carbons (Fsp3) is 0.520. The van der Waals surface area contributed by atoms with E-state index in [2.05, 4.69) is 0 Å². The third-order valence-electron chi connectivity index (χ3n) is 6.29. The zero-order valence-electron chi connectivity index (χ0n) is 18.7. The summed E-state index contributed by atoms with van der Waals surface area (Å²) in [6, 6.07) is 4.12. The molecular weight excluding hydrogens is 396 g/mol. The standard InChI is InChI=1S/C25H30O6/c1-13(26)16-8-14(27)6-7-15(16)21(22-17(28)9-24(2,3)10-18(22)29)23-19(30)11-25(4,5)12-20(23)31/h6-8,21-22,27,30H,9-12H2,1-5H3. The Bertz CT molecular complexity index is 991. The Morgan fingerprint density at radius 1 is 0.935 bits per heavy atom. The van der Waals surface area contributed by atoms with Crippen LogP contribution in [0.3, 0.4) is 0 Å². The molecular formula is C25H30O6. The summed E-state index contributed by atoms with van der Waals surface area (Å²) in [7, 11) is 0. The Morgan fingerprint density at radius 2 is 1.48 bits per heavy atom. The van der Waals surface area contributed by atoms with Crippen LogP contribution < -0.4 is 0 Å². The molecule has 31 heavy (non-hydrogen) atoms. The predicted octanol–water partition coefficient (Wildman–Crippen LogP) is 4.45. The summed E-state index contributed by atoms with van der Waals surface area (Å²) < 4.78 is 0. The number of rotatable bonds is 4. The van der Waals surface area contributed by atoms with Gasteiger partial charge in [0.05, 0.1) is 5.92 Å². The quantitative estimate of drug-likeness (QED) is 0.544. The van der Waals surface area contributed by atoms with Crippen molar-refractivity contribution in [1.29, 1.82) is 0 Å². The minimum Gasteiger partial charge on any atom is -0.512 e. The van der Waals surface area contributed by atoms with E-state index in [1.165, 1.54) is 25.1 Å². The number of benzene rings is 1. The number of aromatic hydroxyl groups is 1. The molecule has 0 spiro atoms. The number of hydrogen-bond acceptors (Lipinski definition) is 6. The van der Waals surface area contributed by atoms with Crippen LogP contribution in [0.2, 0.25) is 0 Å². The lowest BCUT2D eigenvalue weighted by molar-refractivity contribution is -0.140. The number of allylic oxidation sites excluding steroid dienone is 2. The molecule has 1 aromatic rings. The molecule has 2 N–H and O–H groups in total. The number of ketones is 4. The number of aliphatic hydroxyl groups excluding tert-OH is 1. The largest absolute Gasteiger partial charge is 0.512 e. The molecule has 0 bridgehead atoms. The second-order valence-corrected chi connectivity index (χ2v) is 10.5. The number of carbonyl (C=O) groups is 4. The van der Waals surface area contributed by atoms with Gasteiger partial charge in [-0.1, -0.05) is 33.8 Å². The van der Waals surface area contributed by atoms with Gasteiger partial charge in [0.15, 0.2) is 11.6 Å². The lowest BCUT2D eigenvalue weighted by Crippen LogP contribution is -2.43. The summed E-state index contributed by atoms with van der Waals surface area (Å²) >= 11 is 0. The summed E-state index contributed by atoms with van der Waals surface area (Å²) in [6.45, 7) is 8.76. The van der Waals surface area contributed by atoms with E-state index in [4.69, 9.17) is 0 Å². The third-order valence-corrected chi connectivity index (χ3v) is 6.29. The fourth-order valence-electron chi connectivity index (χ4n) is 5.05. The maximum Gasteiger partial charge on any atom is 0.163 e. The first kappa shape index (κ1) is 22.9. The van der Waals surface area contributed by atoms with Crippen LogP contribution in [0, 0.1) is 16.7 Å². The normalized spacial score (nSPS) is 22.5. The topological polar surface area (TPSA) is 109 Å². The molecule has 2 aliphatic rings. The number of carbonyl (C=O) groups excluding carboxylic acids is 4. The van der Waals surface area contributed by atoms with Gasteiger partial charge in [0.1, 0.15) is 23.1 Å². The van der Waals surface area contributed by atoms with Crippen molar-refractivity contribution >= 4 is 23.1 Å². The zero-order chi connectivity index (χ0) is 23.3. The first-order valence-corrected chi connectivity index (χ1v) is 10.6. The lowest BCUT2D eigenvalue weighted by atomic mass is 9.62. The summed E-state index contributed by atoms with van der Waals surface area (Å²) in [4.78, 5) is 52.0. The van der Waals surface area contributed by atoms with Crippen LogP contribution in [0.4, 0.5) is 0 Å². The van der Waals surface area contributed by atoms with E-state index >= 15 is 0 Å². The highest BCUT2D eigenvalue weighted by Crippen LogP contribution is 2.48. The molecule has 2 aliphatic carbocycles. The molecule has 6 nitrogen and oxygen atoms in total. The van der Waals surface area contributed by atoms with Crippen molar-refractivity contribution in [3.05, 3.63) is 40.7 Å². The summed E-state index contributed by atoms with van der Waals surface area (Å²) in [5.74, 6) is -3.78. The van der Waals surface area contributed by atoms with Crippen LogP contribution in [-0.4, -0.2) is 33.3 Å². The van der Waals surface area contributed by atoms with E-state index in [-0.39, 0.29) is 71.5 Å². The van der Waals surface area contributed by atoms with Crippen molar-refractivity contribution in [1.82, 2.24) is 0 Å². The second kappa shape index (κ2) is 7.74. The van der Waals surface area contributed by atoms with Gasteiger partial charge in [-0.3, -0.25) is 19.2 Å². The zero-order valence-corrected chi connectivity index (χ0v) is 18.7. The average molecular weight is 427 g/mol. The van der Waals surface area contributed by atoms with Crippen LogP contribution >= 0.6 is 0 Å². The third kappa shape index (κ3) is 4.48. The van der Waals surface area contributed by atoms with Gasteiger partial charge >= 0.3 is 0 Å². The van der Waals surface area contributed by atoms with Gasteiger partial charge in [0, 0.05) is 42.7 Å². The minimum absolute atomic E-state index is 0.0407. The van der Waals surface area contributed by atoms with Gasteiger partial charge in [-0.15, -0.1) is 0 Å². The summed E-state index contributed by atoms with van der Waals surface area (Å²) in [5, 5.41) is 20.8. The van der Waals surface area contributed by atoms with Crippen molar-refractivity contribution in [3.8, 4) is 5.75 Å². The Kier molecular flexibility index (Phi) is 5.72. The highest BCUT2D eigenvalue weighted by atomic mass is 16.3. The van der Waals surface area contributed by atoms with Crippen molar-refractivity contribution in [2.24, 2.45) is 16.7 Å². The summed E-state index contributed by atoms with van der Waals surface area (Å²) in [6.07, 6.45) is 0.734. The van der Waals surface area contributed by atoms with E-state index < -0.39 is 22.7 Å². The van der Waals surface area contributed by atoms with Gasteiger partial charge in [-0.2, -0.15) is 0 Å². The first-order valence-electron chi connectivity index (χ1n) is 10.6. The van der Waals surface area contributed by atoms with Crippen LogP contribution in [0.1, 0.15) is 82.1 Å². The lowest BCUT2D eigenvalue weighted by Gasteiger charge is -2.39. The monoisotopic (exact) mass is 426 g/mol. The van der Waals surface area contributed by atoms with Gasteiger partial charge in [0.25, 0.3) is 0 Å². The van der Waals surface area contributed by atoms with Gasteiger partial charge < -0.3 is 10.2 Å². The van der Waals surface area contributed by atoms with Crippen LogP contribution in [0.5, 0.6) is 5.75 Å². The van der Waals surface area contributed by atoms with Crippen LogP contribution in [0.25, 0.3) is 0 Å². The van der Waals surface area contributed by atoms with Crippen molar-refractivity contribution < 1.29 is 29.4 Å². The van der Waals surface area contributed by atoms with Crippen molar-refractivity contribution in [3.63, 3.8) is 0 Å². The Hall–Kier alpha value is -2.76. The van der Waals surface area contributed by atoms with E-state index in [1.54, 1.807) is 0 Å². The first-order chi connectivity index (χ1) is 14.2. The summed E-state index contributed by atoms with van der Waals surface area (Å²) in [5.41, 5.74) is -0.447. The van der Waals surface area contributed by atoms with Crippen molar-refractivity contribution in [2.45, 2.75) is 66.2 Å². The molecule has 0 aliphatic heterocycles. The van der Waals surface area contributed by atoms with Gasteiger partial charge in [-0.05, 0) is 35.4 Å². The number of hydrogen-bond donors (Lipinski definition) is 2. The number of phenols is 1. The highest BCUT2D eigenvalue weighted by molar-refractivity contribution is 6.10. The molecule has 0 amide bonds. The predicted molar refractivity (Wildman–Crippen MR) is 115 cm³/mol. The molecule has 0 radical (unpaired) electrons. The molecule has 1 unspecified atom stereocenters. The SMILES string of the molecule is CC(=O)c1cc(O)ccc1C(C1=C(O)CC(C)(C)CC1=O)C1C(=O)CC(C)(C)CC1=O. The van der Waals surface area contributed by atoms with Gasteiger partial charge in [-0.25, -0.2) is 0 Å². The highest BCUT2D eigenvalue weighted by Gasteiger charge is 2.49. The van der Waals surface area contributed by atoms with E-state index in [0.29, 0.717) is 5.56 Å². The Morgan fingerprint density at radius 3 is 2.00 bits per heavy atom. The maximum atomic E-state index is 13.2. The molecule has 1 atom stereocenters. The molecule has 1 saturated carbocycles. The molecule has 0 heterocycles. The average Bonchev–Trinajstić information content (AvgIpc) is 2.57. The minimum atomic E-state index is -1.15. The molecule has 6 heteroatoms. The van der Waals surface area contributed by atoms with E-state index in [0.717, 1.165) is 0 Å². The molecule has 0 aromatic heterocycles.